The summed E-state index contributed by atoms with van der Waals surface area (Å²) in [5, 5.41) is 10.3. The number of carbonyl (C=O) groups is 1. The zero-order valence-electron chi connectivity index (χ0n) is 19.5. The van der Waals surface area contributed by atoms with Gasteiger partial charge in [0.05, 0.1) is 18.2 Å². The van der Waals surface area contributed by atoms with Crippen LogP contribution in [0.4, 0.5) is 0 Å². The zero-order chi connectivity index (χ0) is 23.5. The minimum Gasteiger partial charge on any atom is -0.493 e. The topological polar surface area (TPSA) is 65.0 Å². The number of hydrogen-bond donors (Lipinski definition) is 1. The van der Waals surface area contributed by atoms with Crippen LogP contribution in [0.25, 0.3) is 0 Å². The van der Waals surface area contributed by atoms with Gasteiger partial charge in [-0.25, -0.2) is 4.79 Å². The molecule has 1 N–H and O–H groups in total. The molecular weight excluding hydrogens is 428 g/mol. The van der Waals surface area contributed by atoms with Crippen LogP contribution in [-0.4, -0.2) is 29.9 Å². The summed E-state index contributed by atoms with van der Waals surface area (Å²) in [6, 6.07) is 11.4. The first-order valence-electron chi connectivity index (χ1n) is 11.1. The molecule has 1 heterocycles. The van der Waals surface area contributed by atoms with Crippen molar-refractivity contribution in [2.75, 3.05) is 13.2 Å². The summed E-state index contributed by atoms with van der Waals surface area (Å²) in [4.78, 5) is 11.8. The Morgan fingerprint density at radius 3 is 2.50 bits per heavy atom. The first-order valence-corrected chi connectivity index (χ1v) is 11.5. The number of carboxylic acid groups (broad SMARTS) is 1. The van der Waals surface area contributed by atoms with Crippen molar-refractivity contribution in [3.05, 3.63) is 52.5 Å². The van der Waals surface area contributed by atoms with Gasteiger partial charge in [0.25, 0.3) is 0 Å². The molecule has 0 radical (unpaired) electrons. The van der Waals surface area contributed by atoms with Crippen molar-refractivity contribution in [3.63, 3.8) is 0 Å². The van der Waals surface area contributed by atoms with Gasteiger partial charge in [-0.05, 0) is 47.7 Å². The third-order valence-electron chi connectivity index (χ3n) is 5.62. The quantitative estimate of drug-likeness (QED) is 0.452. The van der Waals surface area contributed by atoms with Crippen LogP contribution in [0, 0.1) is 11.3 Å². The van der Waals surface area contributed by atoms with Crippen molar-refractivity contribution in [2.24, 2.45) is 11.3 Å². The fourth-order valence-electron chi connectivity index (χ4n) is 3.90. The van der Waals surface area contributed by atoms with Crippen LogP contribution in [0.3, 0.4) is 0 Å². The second kappa shape index (κ2) is 9.62. The molecule has 3 rings (SSSR count). The molecule has 5 nitrogen and oxygen atoms in total. The number of halogens is 1. The Labute approximate surface area is 195 Å². The van der Waals surface area contributed by atoms with Crippen LogP contribution < -0.4 is 14.2 Å². The molecule has 1 aliphatic rings. The molecule has 0 aromatic heterocycles. The number of carboxylic acids is 1. The summed E-state index contributed by atoms with van der Waals surface area (Å²) in [6.07, 6.45) is 1.98. The minimum absolute atomic E-state index is 0.150. The van der Waals surface area contributed by atoms with E-state index in [4.69, 9.17) is 25.8 Å². The number of rotatable bonds is 9. The zero-order valence-corrected chi connectivity index (χ0v) is 20.3. The lowest BCUT2D eigenvalue weighted by Crippen LogP contribution is -2.48. The maximum Gasteiger partial charge on any atom is 0.348 e. The van der Waals surface area contributed by atoms with Gasteiger partial charge in [-0.15, -0.1) is 0 Å². The molecule has 0 unspecified atom stereocenters. The molecule has 0 amide bonds. The van der Waals surface area contributed by atoms with Crippen LogP contribution in [0.1, 0.15) is 52.2 Å². The van der Waals surface area contributed by atoms with E-state index in [1.807, 2.05) is 38.1 Å². The number of ether oxygens (including phenoxy) is 3. The van der Waals surface area contributed by atoms with E-state index < -0.39 is 11.6 Å². The molecule has 1 aliphatic heterocycles. The summed E-state index contributed by atoms with van der Waals surface area (Å²) in [5.41, 5.74) is 1.05. The SMILES string of the molecule is CC(C)[C@@]1(C(=O)O)Cc2cc(OCCCOc3ccc(CC(C)(C)C)cc3Cl)ccc2O1. The largest absolute Gasteiger partial charge is 0.493 e. The average molecular weight is 461 g/mol. The smallest absolute Gasteiger partial charge is 0.348 e. The monoisotopic (exact) mass is 460 g/mol. The van der Waals surface area contributed by atoms with Gasteiger partial charge >= 0.3 is 5.97 Å². The lowest BCUT2D eigenvalue weighted by atomic mass is 9.86. The van der Waals surface area contributed by atoms with Gasteiger partial charge in [-0.3, -0.25) is 0 Å². The molecule has 0 saturated heterocycles. The highest BCUT2D eigenvalue weighted by molar-refractivity contribution is 6.32. The summed E-state index contributed by atoms with van der Waals surface area (Å²) < 4.78 is 17.5. The summed E-state index contributed by atoms with van der Waals surface area (Å²) in [6.45, 7) is 11.3. The molecule has 174 valence electrons. The molecule has 1 atom stereocenters. The van der Waals surface area contributed by atoms with Crippen molar-refractivity contribution in [1.29, 1.82) is 0 Å². The van der Waals surface area contributed by atoms with Gasteiger partial charge in [-0.2, -0.15) is 0 Å². The molecular formula is C26H33ClO5. The number of fused-ring (bicyclic) bond motifs is 1. The second-order valence-electron chi connectivity index (χ2n) is 9.95. The van der Waals surface area contributed by atoms with Crippen molar-refractivity contribution >= 4 is 17.6 Å². The van der Waals surface area contributed by atoms with Gasteiger partial charge in [0.2, 0.25) is 5.60 Å². The maximum absolute atomic E-state index is 11.8. The maximum atomic E-state index is 11.8. The van der Waals surface area contributed by atoms with Crippen molar-refractivity contribution in [2.45, 2.75) is 59.5 Å². The van der Waals surface area contributed by atoms with Crippen molar-refractivity contribution in [3.8, 4) is 17.2 Å². The molecule has 32 heavy (non-hydrogen) atoms. The van der Waals surface area contributed by atoms with E-state index in [-0.39, 0.29) is 11.3 Å². The van der Waals surface area contributed by atoms with Crippen LogP contribution >= 0.6 is 11.6 Å². The number of benzene rings is 2. The summed E-state index contributed by atoms with van der Waals surface area (Å²) in [7, 11) is 0. The average Bonchev–Trinajstić information content (AvgIpc) is 3.08. The predicted octanol–water partition coefficient (Wildman–Crippen LogP) is 6.19. The van der Waals surface area contributed by atoms with E-state index in [1.54, 1.807) is 6.07 Å². The number of aliphatic carboxylic acids is 1. The van der Waals surface area contributed by atoms with Gasteiger partial charge < -0.3 is 19.3 Å². The first-order chi connectivity index (χ1) is 15.0. The lowest BCUT2D eigenvalue weighted by Gasteiger charge is -2.27. The second-order valence-corrected chi connectivity index (χ2v) is 10.4. The van der Waals surface area contributed by atoms with E-state index >= 15 is 0 Å². The first kappa shape index (κ1) is 24.2. The molecule has 0 fully saturated rings. The standard InChI is InChI=1S/C26H33ClO5/c1-17(2)26(24(28)29)16-19-14-20(8-10-22(19)32-26)30-11-6-12-31-23-9-7-18(13-21(23)27)15-25(3,4)5/h7-10,13-14,17H,6,11-12,15-16H2,1-5H3,(H,28,29)/t26-/m1/s1. The molecule has 0 aliphatic carbocycles. The van der Waals surface area contributed by atoms with E-state index in [2.05, 4.69) is 26.8 Å². The Morgan fingerprint density at radius 1 is 1.16 bits per heavy atom. The Kier molecular flexibility index (Phi) is 7.29. The minimum atomic E-state index is -1.21. The van der Waals surface area contributed by atoms with Gasteiger partial charge in [0.15, 0.2) is 0 Å². The van der Waals surface area contributed by atoms with Crippen LogP contribution in [-0.2, 0) is 17.6 Å². The fraction of sp³-hybridized carbons (Fsp3) is 0.500. The van der Waals surface area contributed by atoms with Crippen LogP contribution in [0.2, 0.25) is 5.02 Å². The predicted molar refractivity (Wildman–Crippen MR) is 126 cm³/mol. The number of hydrogen-bond acceptors (Lipinski definition) is 4. The van der Waals surface area contributed by atoms with E-state index in [9.17, 15) is 9.90 Å². The Balaban J connectivity index is 1.48. The molecule has 2 aromatic carbocycles. The van der Waals surface area contributed by atoms with E-state index in [1.165, 1.54) is 5.56 Å². The third-order valence-corrected chi connectivity index (χ3v) is 5.91. The summed E-state index contributed by atoms with van der Waals surface area (Å²) in [5.74, 6) is 0.901. The Hall–Kier alpha value is -2.40. The van der Waals surface area contributed by atoms with Crippen LogP contribution in [0.15, 0.2) is 36.4 Å². The molecule has 2 aromatic rings. The Morgan fingerprint density at radius 2 is 1.88 bits per heavy atom. The molecule has 0 bridgehead atoms. The van der Waals surface area contributed by atoms with Crippen molar-refractivity contribution in [1.82, 2.24) is 0 Å². The molecule has 0 saturated carbocycles. The van der Waals surface area contributed by atoms with E-state index in [0.717, 1.165) is 12.0 Å². The van der Waals surface area contributed by atoms with Gasteiger partial charge in [-0.1, -0.05) is 52.3 Å². The molecule has 0 spiro atoms. The van der Waals surface area contributed by atoms with E-state index in [0.29, 0.717) is 48.3 Å². The highest BCUT2D eigenvalue weighted by Gasteiger charge is 2.49. The molecule has 6 heteroatoms. The lowest BCUT2D eigenvalue weighted by molar-refractivity contribution is -0.157. The van der Waals surface area contributed by atoms with Gasteiger partial charge in [0, 0.05) is 24.3 Å². The highest BCUT2D eigenvalue weighted by atomic mass is 35.5. The Bertz CT molecular complexity index is 963. The summed E-state index contributed by atoms with van der Waals surface area (Å²) >= 11 is 6.38. The van der Waals surface area contributed by atoms with Crippen molar-refractivity contribution < 1.29 is 24.1 Å². The third kappa shape index (κ3) is 5.69. The van der Waals surface area contributed by atoms with Crippen LogP contribution in [0.5, 0.6) is 17.2 Å². The fourth-order valence-corrected chi connectivity index (χ4v) is 4.16. The van der Waals surface area contributed by atoms with Gasteiger partial charge in [0.1, 0.15) is 17.2 Å². The normalized spacial score (nSPS) is 17.7. The highest BCUT2D eigenvalue weighted by Crippen LogP contribution is 2.41.